The topological polar surface area (TPSA) is 103 Å². The molecular weight excluding hydrogens is 524 g/mol. The molecule has 0 radical (unpaired) electrons. The van der Waals surface area contributed by atoms with E-state index in [1.165, 1.54) is 4.90 Å². The SMILES string of the molecule is Cc1ncsc1-c1ccc(CNC(=O)[C@@H]2C[C@@H](O)CN2C(=O)[C@H](C2CCCC2)N2Cc3ccccc3C2=O)cc1. The maximum Gasteiger partial charge on any atom is 0.255 e. The summed E-state index contributed by atoms with van der Waals surface area (Å²) < 4.78 is 0. The number of β-amino-alcohol motifs (C(OH)–C–C–N with tert-alkyl or cyclic N) is 1. The maximum absolute atomic E-state index is 14.2. The van der Waals surface area contributed by atoms with Crippen LogP contribution in [0.2, 0.25) is 0 Å². The van der Waals surface area contributed by atoms with Crippen LogP contribution in [0.3, 0.4) is 0 Å². The number of aliphatic hydroxyl groups is 1. The highest BCUT2D eigenvalue weighted by Crippen LogP contribution is 2.36. The number of aryl methyl sites for hydroxylation is 1. The standard InChI is InChI=1S/C31H34N4O4S/c1-19-28(40-18-33-19)22-12-10-20(11-13-22)15-32-29(37)26-14-24(36)17-34(26)31(39)27(21-6-2-3-7-21)35-16-23-8-4-5-9-25(23)30(35)38/h4-5,8-13,18,21,24,26-27,36H,2-3,6-7,14-17H2,1H3,(H,32,37)/t24-,26+,27+/m1/s1. The number of hydrogen-bond donors (Lipinski definition) is 2. The lowest BCUT2D eigenvalue weighted by Crippen LogP contribution is -2.55. The van der Waals surface area contributed by atoms with Crippen molar-refractivity contribution in [3.05, 3.63) is 76.4 Å². The molecule has 2 aromatic carbocycles. The first-order chi connectivity index (χ1) is 19.4. The van der Waals surface area contributed by atoms with Gasteiger partial charge >= 0.3 is 0 Å². The van der Waals surface area contributed by atoms with Gasteiger partial charge in [0.1, 0.15) is 12.1 Å². The van der Waals surface area contributed by atoms with Gasteiger partial charge in [0.2, 0.25) is 11.8 Å². The summed E-state index contributed by atoms with van der Waals surface area (Å²) in [4.78, 5) is 49.6. The fourth-order valence-electron chi connectivity index (χ4n) is 6.50. The van der Waals surface area contributed by atoms with Gasteiger partial charge in [-0.15, -0.1) is 11.3 Å². The first kappa shape index (κ1) is 26.7. The molecule has 8 nitrogen and oxygen atoms in total. The minimum absolute atomic E-state index is 0.0490. The van der Waals surface area contributed by atoms with Crippen LogP contribution in [0.5, 0.6) is 0 Å². The average molecular weight is 559 g/mol. The lowest BCUT2D eigenvalue weighted by atomic mass is 9.94. The second-order valence-electron chi connectivity index (χ2n) is 11.2. The minimum Gasteiger partial charge on any atom is -0.391 e. The van der Waals surface area contributed by atoms with Gasteiger partial charge in [0.15, 0.2) is 0 Å². The zero-order valence-electron chi connectivity index (χ0n) is 22.6. The summed E-state index contributed by atoms with van der Waals surface area (Å²) in [5, 5.41) is 13.5. The highest BCUT2D eigenvalue weighted by atomic mass is 32.1. The molecule has 9 heteroatoms. The van der Waals surface area contributed by atoms with Crippen molar-refractivity contribution in [2.75, 3.05) is 6.54 Å². The quantitative estimate of drug-likeness (QED) is 0.458. The molecule has 1 saturated heterocycles. The molecule has 2 N–H and O–H groups in total. The largest absolute Gasteiger partial charge is 0.391 e. The summed E-state index contributed by atoms with van der Waals surface area (Å²) in [6.07, 6.45) is 3.21. The zero-order valence-corrected chi connectivity index (χ0v) is 23.4. The average Bonchev–Trinajstić information content (AvgIpc) is 3.77. The van der Waals surface area contributed by atoms with Crippen molar-refractivity contribution in [3.63, 3.8) is 0 Å². The van der Waals surface area contributed by atoms with E-state index in [1.54, 1.807) is 16.2 Å². The molecule has 3 atom stereocenters. The van der Waals surface area contributed by atoms with Crippen molar-refractivity contribution in [1.29, 1.82) is 0 Å². The lowest BCUT2D eigenvalue weighted by molar-refractivity contribution is -0.143. The Morgan fingerprint density at radius 1 is 1.12 bits per heavy atom. The number of nitrogens with zero attached hydrogens (tertiary/aromatic N) is 3. The van der Waals surface area contributed by atoms with Crippen LogP contribution in [0.15, 0.2) is 54.0 Å². The smallest absolute Gasteiger partial charge is 0.255 e. The van der Waals surface area contributed by atoms with Gasteiger partial charge in [0, 0.05) is 31.6 Å². The number of benzene rings is 2. The van der Waals surface area contributed by atoms with Crippen LogP contribution in [-0.2, 0) is 22.7 Å². The Bertz CT molecular complexity index is 1410. The Labute approximate surface area is 238 Å². The van der Waals surface area contributed by atoms with Crippen molar-refractivity contribution in [2.24, 2.45) is 5.92 Å². The monoisotopic (exact) mass is 558 g/mol. The Balaban J connectivity index is 1.17. The van der Waals surface area contributed by atoms with E-state index in [0.717, 1.165) is 52.9 Å². The number of aromatic nitrogens is 1. The van der Waals surface area contributed by atoms with Gasteiger partial charge in [0.05, 0.1) is 22.2 Å². The molecule has 1 aromatic heterocycles. The molecule has 2 aliphatic heterocycles. The molecule has 1 aliphatic carbocycles. The van der Waals surface area contributed by atoms with Gasteiger partial charge in [-0.1, -0.05) is 55.3 Å². The summed E-state index contributed by atoms with van der Waals surface area (Å²) in [5.41, 5.74) is 6.42. The molecule has 3 aromatic rings. The summed E-state index contributed by atoms with van der Waals surface area (Å²) in [6.45, 7) is 2.80. The number of likely N-dealkylation sites (tertiary alicyclic amines) is 1. The van der Waals surface area contributed by atoms with E-state index in [4.69, 9.17) is 0 Å². The summed E-state index contributed by atoms with van der Waals surface area (Å²) in [6, 6.07) is 14.1. The number of fused-ring (bicyclic) bond motifs is 1. The van der Waals surface area contributed by atoms with Crippen LogP contribution in [-0.4, -0.2) is 62.3 Å². The lowest BCUT2D eigenvalue weighted by Gasteiger charge is -2.36. The molecule has 2 fully saturated rings. The summed E-state index contributed by atoms with van der Waals surface area (Å²) >= 11 is 1.60. The third kappa shape index (κ3) is 5.04. The van der Waals surface area contributed by atoms with Crippen molar-refractivity contribution in [1.82, 2.24) is 20.1 Å². The number of thiazole rings is 1. The second kappa shape index (κ2) is 11.1. The Morgan fingerprint density at radius 2 is 1.88 bits per heavy atom. The van der Waals surface area contributed by atoms with E-state index in [0.29, 0.717) is 18.7 Å². The van der Waals surface area contributed by atoms with E-state index in [2.05, 4.69) is 10.3 Å². The minimum atomic E-state index is -0.780. The van der Waals surface area contributed by atoms with Crippen LogP contribution in [0, 0.1) is 12.8 Å². The van der Waals surface area contributed by atoms with Crippen LogP contribution < -0.4 is 5.32 Å². The zero-order chi connectivity index (χ0) is 27.8. The number of aliphatic hydroxyl groups excluding tert-OH is 1. The van der Waals surface area contributed by atoms with Crippen LogP contribution >= 0.6 is 11.3 Å². The second-order valence-corrected chi connectivity index (χ2v) is 12.0. The maximum atomic E-state index is 14.2. The van der Waals surface area contributed by atoms with Crippen LogP contribution in [0.1, 0.15) is 59.3 Å². The molecule has 6 rings (SSSR count). The molecule has 0 bridgehead atoms. The van der Waals surface area contributed by atoms with Crippen molar-refractivity contribution < 1.29 is 19.5 Å². The first-order valence-corrected chi connectivity index (χ1v) is 14.9. The fourth-order valence-corrected chi connectivity index (χ4v) is 7.31. The third-order valence-corrected chi connectivity index (χ3v) is 9.56. The van der Waals surface area contributed by atoms with Gasteiger partial charge in [-0.05, 0) is 48.4 Å². The number of amides is 3. The molecule has 208 valence electrons. The first-order valence-electron chi connectivity index (χ1n) is 14.0. The van der Waals surface area contributed by atoms with Crippen LogP contribution in [0.4, 0.5) is 0 Å². The van der Waals surface area contributed by atoms with Gasteiger partial charge in [0.25, 0.3) is 5.91 Å². The predicted octanol–water partition coefficient (Wildman–Crippen LogP) is 3.91. The number of carbonyl (C=O) groups excluding carboxylic acids is 3. The number of hydrogen-bond acceptors (Lipinski definition) is 6. The van der Waals surface area contributed by atoms with E-state index in [9.17, 15) is 19.5 Å². The molecule has 1 saturated carbocycles. The van der Waals surface area contributed by atoms with E-state index < -0.39 is 18.2 Å². The van der Waals surface area contributed by atoms with Crippen molar-refractivity contribution in [3.8, 4) is 10.4 Å². The number of carbonyl (C=O) groups is 3. The van der Waals surface area contributed by atoms with E-state index >= 15 is 0 Å². The van der Waals surface area contributed by atoms with Gasteiger partial charge in [-0.3, -0.25) is 14.4 Å². The fraction of sp³-hybridized carbons (Fsp3) is 0.419. The van der Waals surface area contributed by atoms with Gasteiger partial charge in [-0.2, -0.15) is 0 Å². The Morgan fingerprint density at radius 3 is 2.58 bits per heavy atom. The predicted molar refractivity (Wildman–Crippen MR) is 152 cm³/mol. The van der Waals surface area contributed by atoms with Crippen molar-refractivity contribution in [2.45, 2.75) is 70.3 Å². The highest BCUT2D eigenvalue weighted by molar-refractivity contribution is 7.13. The molecule has 3 aliphatic rings. The van der Waals surface area contributed by atoms with E-state index in [-0.39, 0.29) is 36.6 Å². The number of rotatable bonds is 7. The number of nitrogens with one attached hydrogen (secondary N) is 1. The van der Waals surface area contributed by atoms with Gasteiger partial charge in [-0.25, -0.2) is 4.98 Å². The third-order valence-electron chi connectivity index (χ3n) is 8.58. The van der Waals surface area contributed by atoms with Gasteiger partial charge < -0.3 is 20.2 Å². The normalized spacial score (nSPS) is 21.6. The molecule has 0 spiro atoms. The Hall–Kier alpha value is -3.56. The molecule has 40 heavy (non-hydrogen) atoms. The van der Waals surface area contributed by atoms with E-state index in [1.807, 2.05) is 61.0 Å². The highest BCUT2D eigenvalue weighted by Gasteiger charge is 2.47. The molecule has 0 unspecified atom stereocenters. The molecule has 3 heterocycles. The summed E-state index contributed by atoms with van der Waals surface area (Å²) in [7, 11) is 0. The summed E-state index contributed by atoms with van der Waals surface area (Å²) in [5.74, 6) is -0.589. The Kier molecular flexibility index (Phi) is 7.42. The molecule has 3 amide bonds. The van der Waals surface area contributed by atoms with Crippen molar-refractivity contribution >= 4 is 29.1 Å². The van der Waals surface area contributed by atoms with Crippen LogP contribution in [0.25, 0.3) is 10.4 Å². The molecular formula is C31H34N4O4S.